The Balaban J connectivity index is 1.42. The molecule has 0 unspecified atom stereocenters. The summed E-state index contributed by atoms with van der Waals surface area (Å²) in [6.45, 7) is 6.80. The monoisotopic (exact) mass is 416 g/mol. The van der Waals surface area contributed by atoms with Crippen molar-refractivity contribution in [2.75, 3.05) is 31.1 Å². The van der Waals surface area contributed by atoms with Crippen LogP contribution in [0.3, 0.4) is 0 Å². The van der Waals surface area contributed by atoms with Crippen LogP contribution in [0.15, 0.2) is 54.6 Å². The molecule has 0 aliphatic carbocycles. The van der Waals surface area contributed by atoms with E-state index in [0.29, 0.717) is 31.7 Å². The fourth-order valence-corrected chi connectivity index (χ4v) is 3.88. The molecule has 1 aliphatic rings. The molecule has 1 aliphatic heterocycles. The van der Waals surface area contributed by atoms with Gasteiger partial charge < -0.3 is 9.80 Å². The lowest BCUT2D eigenvalue weighted by atomic mass is 10.1. The van der Waals surface area contributed by atoms with Crippen molar-refractivity contribution in [3.63, 3.8) is 0 Å². The molecule has 0 saturated carbocycles. The van der Waals surface area contributed by atoms with Crippen LogP contribution in [0, 0.1) is 24.0 Å². The zero-order valence-electron chi connectivity index (χ0n) is 17.6. The minimum atomic E-state index is -0.442. The quantitative estimate of drug-likeness (QED) is 0.363. The van der Waals surface area contributed by atoms with Crippen molar-refractivity contribution >= 4 is 34.4 Å². The molecule has 7 nitrogen and oxygen atoms in total. The molecular weight excluding hydrogens is 392 g/mol. The number of piperazine rings is 1. The van der Waals surface area contributed by atoms with Crippen molar-refractivity contribution in [2.45, 2.75) is 13.8 Å². The number of benzene rings is 2. The van der Waals surface area contributed by atoms with E-state index in [1.165, 1.54) is 29.2 Å². The van der Waals surface area contributed by atoms with Crippen molar-refractivity contribution in [1.29, 1.82) is 0 Å². The van der Waals surface area contributed by atoms with Gasteiger partial charge in [-0.05, 0) is 42.7 Å². The highest BCUT2D eigenvalue weighted by molar-refractivity contribution is 5.92. The van der Waals surface area contributed by atoms with E-state index >= 15 is 0 Å². The smallest absolute Gasteiger partial charge is 0.270 e. The Morgan fingerprint density at radius 2 is 1.77 bits per heavy atom. The Morgan fingerprint density at radius 1 is 1.03 bits per heavy atom. The molecule has 0 N–H and O–H groups in total. The van der Waals surface area contributed by atoms with Gasteiger partial charge >= 0.3 is 0 Å². The molecule has 0 atom stereocenters. The average Bonchev–Trinajstić information content (AvgIpc) is 2.78. The van der Waals surface area contributed by atoms with Gasteiger partial charge in [0.2, 0.25) is 5.91 Å². The van der Waals surface area contributed by atoms with Crippen molar-refractivity contribution in [3.05, 3.63) is 81.4 Å². The molecular formula is C24H24N4O3. The summed E-state index contributed by atoms with van der Waals surface area (Å²) in [5, 5.41) is 12.1. The Bertz CT molecular complexity index is 1180. The Kier molecular flexibility index (Phi) is 5.66. The number of non-ortho nitro benzene ring substituents is 1. The Morgan fingerprint density at radius 3 is 2.52 bits per heavy atom. The van der Waals surface area contributed by atoms with Gasteiger partial charge in [-0.3, -0.25) is 14.9 Å². The van der Waals surface area contributed by atoms with E-state index < -0.39 is 4.92 Å². The van der Waals surface area contributed by atoms with Gasteiger partial charge in [0.1, 0.15) is 5.82 Å². The van der Waals surface area contributed by atoms with Gasteiger partial charge in [-0.15, -0.1) is 0 Å². The summed E-state index contributed by atoms with van der Waals surface area (Å²) in [5.74, 6) is 0.850. The maximum Gasteiger partial charge on any atom is 0.270 e. The number of para-hydroxylation sites is 1. The number of nitro benzene ring substituents is 1. The lowest BCUT2D eigenvalue weighted by molar-refractivity contribution is -0.384. The molecule has 1 saturated heterocycles. The number of pyridine rings is 1. The van der Waals surface area contributed by atoms with Crippen LogP contribution in [0.25, 0.3) is 17.0 Å². The van der Waals surface area contributed by atoms with Crippen LogP contribution in [-0.4, -0.2) is 46.9 Å². The van der Waals surface area contributed by atoms with Crippen molar-refractivity contribution in [3.8, 4) is 0 Å². The number of aromatic nitrogens is 1. The minimum absolute atomic E-state index is 0.0108. The van der Waals surface area contributed by atoms with Crippen LogP contribution >= 0.6 is 0 Å². The number of hydrogen-bond donors (Lipinski definition) is 0. The van der Waals surface area contributed by atoms with Crippen LogP contribution in [0.5, 0.6) is 0 Å². The molecule has 1 amide bonds. The average molecular weight is 416 g/mol. The number of anilines is 1. The molecule has 1 fully saturated rings. The summed E-state index contributed by atoms with van der Waals surface area (Å²) >= 11 is 0. The minimum Gasteiger partial charge on any atom is -0.353 e. The van der Waals surface area contributed by atoms with Crippen LogP contribution in [-0.2, 0) is 4.79 Å². The third-order valence-corrected chi connectivity index (χ3v) is 5.65. The van der Waals surface area contributed by atoms with Gasteiger partial charge in [0.25, 0.3) is 5.69 Å². The molecule has 0 radical (unpaired) electrons. The molecule has 31 heavy (non-hydrogen) atoms. The summed E-state index contributed by atoms with van der Waals surface area (Å²) in [5.41, 5.74) is 4.02. The molecule has 3 aromatic rings. The van der Waals surface area contributed by atoms with E-state index in [-0.39, 0.29) is 11.6 Å². The highest BCUT2D eigenvalue weighted by Crippen LogP contribution is 2.25. The van der Waals surface area contributed by atoms with Gasteiger partial charge in [-0.1, -0.05) is 30.3 Å². The van der Waals surface area contributed by atoms with Gasteiger partial charge in [0, 0.05) is 49.8 Å². The largest absolute Gasteiger partial charge is 0.353 e. The number of rotatable bonds is 4. The molecule has 2 aromatic carbocycles. The summed E-state index contributed by atoms with van der Waals surface area (Å²) < 4.78 is 0. The van der Waals surface area contributed by atoms with Gasteiger partial charge in [0.05, 0.1) is 10.4 Å². The summed E-state index contributed by atoms with van der Waals surface area (Å²) in [6, 6.07) is 14.6. The van der Waals surface area contributed by atoms with Crippen molar-refractivity contribution in [2.24, 2.45) is 0 Å². The summed E-state index contributed by atoms with van der Waals surface area (Å²) in [6.07, 6.45) is 3.11. The number of fused-ring (bicyclic) bond motifs is 1. The first-order chi connectivity index (χ1) is 14.9. The maximum absolute atomic E-state index is 12.6. The molecule has 1 aromatic heterocycles. The second-order valence-electron chi connectivity index (χ2n) is 7.77. The fraction of sp³-hybridized carbons (Fsp3) is 0.250. The van der Waals surface area contributed by atoms with Crippen LogP contribution in [0.2, 0.25) is 0 Å². The number of hydrogen-bond acceptors (Lipinski definition) is 5. The normalized spacial score (nSPS) is 14.4. The van der Waals surface area contributed by atoms with Crippen LogP contribution in [0.1, 0.15) is 16.7 Å². The topological polar surface area (TPSA) is 79.6 Å². The molecule has 0 spiro atoms. The van der Waals surface area contributed by atoms with Crippen molar-refractivity contribution in [1.82, 2.24) is 9.88 Å². The van der Waals surface area contributed by atoms with E-state index in [1.54, 1.807) is 23.1 Å². The Hall–Kier alpha value is -3.74. The third-order valence-electron chi connectivity index (χ3n) is 5.65. The lowest BCUT2D eigenvalue weighted by Crippen LogP contribution is -2.48. The number of nitro groups is 1. The first-order valence-electron chi connectivity index (χ1n) is 10.3. The second-order valence-corrected chi connectivity index (χ2v) is 7.77. The molecule has 158 valence electrons. The molecule has 7 heteroatoms. The Labute approximate surface area is 180 Å². The highest BCUT2D eigenvalue weighted by Gasteiger charge is 2.21. The standard InChI is InChI=1S/C24H24N4O3/c1-17-5-3-8-21-18(2)15-22(25-24(17)21)26-11-13-27(14-12-26)23(29)10-9-19-6-4-7-20(16-19)28(30)31/h3-10,15-16H,11-14H2,1-2H3/b10-9+. The number of nitrogens with zero attached hydrogens (tertiary/aromatic N) is 4. The van der Waals surface area contributed by atoms with Gasteiger partial charge in [-0.2, -0.15) is 0 Å². The van der Waals surface area contributed by atoms with E-state index in [9.17, 15) is 14.9 Å². The fourth-order valence-electron chi connectivity index (χ4n) is 3.88. The number of aryl methyl sites for hydroxylation is 2. The summed E-state index contributed by atoms with van der Waals surface area (Å²) in [4.78, 5) is 31.9. The van der Waals surface area contributed by atoms with Crippen molar-refractivity contribution < 1.29 is 9.72 Å². The molecule has 2 heterocycles. The number of carbonyl (C=O) groups excluding carboxylic acids is 1. The first kappa shape index (κ1) is 20.5. The second kappa shape index (κ2) is 8.55. The van der Waals surface area contributed by atoms with Gasteiger partial charge in [0.15, 0.2) is 0 Å². The number of amides is 1. The van der Waals surface area contributed by atoms with E-state index in [1.807, 2.05) is 0 Å². The van der Waals surface area contributed by atoms with E-state index in [0.717, 1.165) is 16.9 Å². The SMILES string of the molecule is Cc1cc(N2CCN(C(=O)/C=C/c3cccc([N+](=O)[O-])c3)CC2)nc2c(C)cccc12. The lowest BCUT2D eigenvalue weighted by Gasteiger charge is -2.35. The predicted octanol–water partition coefficient (Wildman–Crippen LogP) is 4.12. The van der Waals surface area contributed by atoms with E-state index in [4.69, 9.17) is 4.98 Å². The summed E-state index contributed by atoms with van der Waals surface area (Å²) in [7, 11) is 0. The predicted molar refractivity (Wildman–Crippen MR) is 122 cm³/mol. The highest BCUT2D eigenvalue weighted by atomic mass is 16.6. The zero-order valence-corrected chi connectivity index (χ0v) is 17.6. The van der Waals surface area contributed by atoms with Crippen LogP contribution < -0.4 is 4.90 Å². The van der Waals surface area contributed by atoms with E-state index in [2.05, 4.69) is 43.0 Å². The number of carbonyl (C=O) groups is 1. The zero-order chi connectivity index (χ0) is 22.0. The van der Waals surface area contributed by atoms with Gasteiger partial charge in [-0.25, -0.2) is 4.98 Å². The molecule has 4 rings (SSSR count). The van der Waals surface area contributed by atoms with Crippen LogP contribution in [0.4, 0.5) is 11.5 Å². The maximum atomic E-state index is 12.6. The third kappa shape index (κ3) is 4.40. The first-order valence-corrected chi connectivity index (χ1v) is 10.3. The molecule has 0 bridgehead atoms.